The van der Waals surface area contributed by atoms with Gasteiger partial charge in [0.05, 0.1) is 6.54 Å². The molecule has 0 bridgehead atoms. The van der Waals surface area contributed by atoms with Crippen molar-refractivity contribution in [1.29, 1.82) is 0 Å². The number of hydrogen-bond donors (Lipinski definition) is 1. The molecule has 2 amide bonds. The molecule has 122 valence electrons. The Morgan fingerprint density at radius 2 is 1.77 bits per heavy atom. The van der Waals surface area contributed by atoms with Crippen LogP contribution in [0.3, 0.4) is 0 Å². The average molecular weight is 345 g/mol. The predicted molar refractivity (Wildman–Crippen MR) is 83.1 cm³/mol. The monoisotopic (exact) mass is 345 g/mol. The van der Waals surface area contributed by atoms with Gasteiger partial charge in [-0.2, -0.15) is 0 Å². The van der Waals surface area contributed by atoms with Crippen molar-refractivity contribution in [2.45, 2.75) is 18.1 Å². The van der Waals surface area contributed by atoms with Gasteiger partial charge in [0.15, 0.2) is 0 Å². The lowest BCUT2D eigenvalue weighted by Crippen LogP contribution is -2.52. The molecule has 0 unspecified atom stereocenters. The van der Waals surface area contributed by atoms with Crippen LogP contribution in [0.1, 0.15) is 11.8 Å². The van der Waals surface area contributed by atoms with Gasteiger partial charge in [-0.15, -0.1) is 11.3 Å². The number of hydrogen-bond acceptors (Lipinski definition) is 5. The van der Waals surface area contributed by atoms with E-state index in [2.05, 4.69) is 4.72 Å². The molecule has 0 aromatic carbocycles. The van der Waals surface area contributed by atoms with E-state index >= 15 is 0 Å². The van der Waals surface area contributed by atoms with E-state index in [1.54, 1.807) is 15.9 Å². The zero-order chi connectivity index (χ0) is 16.3. The quantitative estimate of drug-likeness (QED) is 0.834. The molecule has 1 aliphatic rings. The Balaban J connectivity index is 1.87. The summed E-state index contributed by atoms with van der Waals surface area (Å²) in [5, 5.41) is 0. The fourth-order valence-corrected chi connectivity index (χ4v) is 4.47. The third-order valence-corrected chi connectivity index (χ3v) is 6.37. The van der Waals surface area contributed by atoms with Crippen LogP contribution in [0.2, 0.25) is 0 Å². The topological polar surface area (TPSA) is 86.8 Å². The van der Waals surface area contributed by atoms with Gasteiger partial charge in [-0.3, -0.25) is 9.59 Å². The van der Waals surface area contributed by atoms with Crippen LogP contribution in [0, 0.1) is 6.92 Å². The van der Waals surface area contributed by atoms with Crippen molar-refractivity contribution in [2.24, 2.45) is 0 Å². The first kappa shape index (κ1) is 16.9. The number of amides is 2. The lowest BCUT2D eigenvalue weighted by Gasteiger charge is -2.34. The van der Waals surface area contributed by atoms with E-state index < -0.39 is 10.0 Å². The van der Waals surface area contributed by atoms with E-state index in [4.69, 9.17) is 0 Å². The number of carbonyl (C=O) groups is 2. The standard InChI is InChI=1S/C13H19N3O4S2/c1-10-3-4-13(21-10)22(19,20)14-9-12(18)16-7-5-15(6-8-16)11(2)17/h3-4,14H,5-9H2,1-2H3. The summed E-state index contributed by atoms with van der Waals surface area (Å²) < 4.78 is 26.6. The van der Waals surface area contributed by atoms with E-state index in [1.165, 1.54) is 24.3 Å². The summed E-state index contributed by atoms with van der Waals surface area (Å²) in [5.74, 6) is -0.291. The first-order valence-electron chi connectivity index (χ1n) is 6.89. The first-order valence-corrected chi connectivity index (χ1v) is 9.19. The summed E-state index contributed by atoms with van der Waals surface area (Å²) in [6, 6.07) is 3.25. The number of piperazine rings is 1. The van der Waals surface area contributed by atoms with Crippen LogP contribution in [0.4, 0.5) is 0 Å². The smallest absolute Gasteiger partial charge is 0.250 e. The highest BCUT2D eigenvalue weighted by atomic mass is 32.2. The molecule has 2 heterocycles. The maximum Gasteiger partial charge on any atom is 0.250 e. The summed E-state index contributed by atoms with van der Waals surface area (Å²) in [7, 11) is -3.64. The zero-order valence-electron chi connectivity index (χ0n) is 12.5. The third-order valence-electron chi connectivity index (χ3n) is 3.47. The van der Waals surface area contributed by atoms with Gasteiger partial charge < -0.3 is 9.80 Å². The summed E-state index contributed by atoms with van der Waals surface area (Å²) in [6.45, 7) is 4.88. The predicted octanol–water partition coefficient (Wildman–Crippen LogP) is 0.0255. The van der Waals surface area contributed by atoms with Gasteiger partial charge in [0.25, 0.3) is 10.0 Å². The molecule has 0 saturated carbocycles. The van der Waals surface area contributed by atoms with Crippen molar-refractivity contribution in [3.63, 3.8) is 0 Å². The molecular weight excluding hydrogens is 326 g/mol. The maximum atomic E-state index is 12.1. The minimum Gasteiger partial charge on any atom is -0.339 e. The molecule has 2 rings (SSSR count). The number of carbonyl (C=O) groups excluding carboxylic acids is 2. The second-order valence-electron chi connectivity index (χ2n) is 5.08. The molecule has 1 N–H and O–H groups in total. The normalized spacial score (nSPS) is 15.9. The van der Waals surface area contributed by atoms with Gasteiger partial charge in [0.2, 0.25) is 11.8 Å². The molecule has 0 aliphatic carbocycles. The molecule has 1 aliphatic heterocycles. The lowest BCUT2D eigenvalue weighted by molar-refractivity contribution is -0.137. The van der Waals surface area contributed by atoms with E-state index in [0.29, 0.717) is 26.2 Å². The van der Waals surface area contributed by atoms with Gasteiger partial charge >= 0.3 is 0 Å². The van der Waals surface area contributed by atoms with Crippen molar-refractivity contribution in [2.75, 3.05) is 32.7 Å². The van der Waals surface area contributed by atoms with Crippen molar-refractivity contribution < 1.29 is 18.0 Å². The van der Waals surface area contributed by atoms with E-state index in [-0.39, 0.29) is 22.6 Å². The Hall–Kier alpha value is -1.45. The number of sulfonamides is 1. The average Bonchev–Trinajstić information content (AvgIpc) is 2.92. The van der Waals surface area contributed by atoms with Gasteiger partial charge in [0, 0.05) is 38.0 Å². The van der Waals surface area contributed by atoms with Crippen molar-refractivity contribution >= 4 is 33.2 Å². The Morgan fingerprint density at radius 1 is 1.18 bits per heavy atom. The van der Waals surface area contributed by atoms with Gasteiger partial charge in [-0.25, -0.2) is 13.1 Å². The van der Waals surface area contributed by atoms with Crippen LogP contribution in [0.25, 0.3) is 0 Å². The molecule has 7 nitrogen and oxygen atoms in total. The Morgan fingerprint density at radius 3 is 2.27 bits per heavy atom. The second-order valence-corrected chi connectivity index (χ2v) is 8.36. The van der Waals surface area contributed by atoms with Crippen LogP contribution in [0.5, 0.6) is 0 Å². The van der Waals surface area contributed by atoms with Gasteiger partial charge in [-0.05, 0) is 19.1 Å². The molecule has 1 fully saturated rings. The van der Waals surface area contributed by atoms with Crippen LogP contribution < -0.4 is 4.72 Å². The Kier molecular flexibility index (Phi) is 5.20. The second kappa shape index (κ2) is 6.76. The molecule has 1 aromatic heterocycles. The van der Waals surface area contributed by atoms with Crippen molar-refractivity contribution in [3.05, 3.63) is 17.0 Å². The summed E-state index contributed by atoms with van der Waals surface area (Å²) >= 11 is 1.17. The highest BCUT2D eigenvalue weighted by Crippen LogP contribution is 2.20. The number of aryl methyl sites for hydroxylation is 1. The van der Waals surface area contributed by atoms with E-state index in [0.717, 1.165) is 4.88 Å². The third kappa shape index (κ3) is 4.05. The van der Waals surface area contributed by atoms with Crippen LogP contribution in [-0.4, -0.2) is 62.8 Å². The molecule has 0 spiro atoms. The SMILES string of the molecule is CC(=O)N1CCN(C(=O)CNS(=O)(=O)c2ccc(C)s2)CC1. The fourth-order valence-electron chi connectivity index (χ4n) is 2.17. The highest BCUT2D eigenvalue weighted by Gasteiger charge is 2.24. The molecular formula is C13H19N3O4S2. The van der Waals surface area contributed by atoms with Gasteiger partial charge in [-0.1, -0.05) is 0 Å². The molecule has 1 saturated heterocycles. The maximum absolute atomic E-state index is 12.1. The van der Waals surface area contributed by atoms with Gasteiger partial charge in [0.1, 0.15) is 4.21 Å². The van der Waals surface area contributed by atoms with Crippen molar-refractivity contribution in [3.8, 4) is 0 Å². The minimum absolute atomic E-state index is 0.0131. The molecule has 0 radical (unpaired) electrons. The summed E-state index contributed by atoms with van der Waals surface area (Å²) in [4.78, 5) is 27.4. The zero-order valence-corrected chi connectivity index (χ0v) is 14.2. The first-order chi connectivity index (χ1) is 10.3. The molecule has 22 heavy (non-hydrogen) atoms. The van der Waals surface area contributed by atoms with Crippen molar-refractivity contribution in [1.82, 2.24) is 14.5 Å². The van der Waals surface area contributed by atoms with Crippen LogP contribution in [-0.2, 0) is 19.6 Å². The lowest BCUT2D eigenvalue weighted by atomic mass is 10.3. The van der Waals surface area contributed by atoms with Crippen LogP contribution in [0.15, 0.2) is 16.3 Å². The van der Waals surface area contributed by atoms with E-state index in [1.807, 2.05) is 6.92 Å². The Bertz CT molecular complexity index is 661. The summed E-state index contributed by atoms with van der Waals surface area (Å²) in [5.41, 5.74) is 0. The summed E-state index contributed by atoms with van der Waals surface area (Å²) in [6.07, 6.45) is 0. The number of thiophene rings is 1. The van der Waals surface area contributed by atoms with Crippen LogP contribution >= 0.6 is 11.3 Å². The number of rotatable bonds is 4. The number of nitrogens with zero attached hydrogens (tertiary/aromatic N) is 2. The molecule has 9 heteroatoms. The Labute approximate surface area is 134 Å². The molecule has 0 atom stereocenters. The number of nitrogens with one attached hydrogen (secondary N) is 1. The van der Waals surface area contributed by atoms with E-state index in [9.17, 15) is 18.0 Å². The largest absolute Gasteiger partial charge is 0.339 e. The fraction of sp³-hybridized carbons (Fsp3) is 0.538. The minimum atomic E-state index is -3.64. The molecule has 1 aromatic rings. The highest BCUT2D eigenvalue weighted by molar-refractivity contribution is 7.91.